The van der Waals surface area contributed by atoms with E-state index in [-0.39, 0.29) is 37.3 Å². The Labute approximate surface area is 310 Å². The fourth-order valence-corrected chi connectivity index (χ4v) is 6.46. The van der Waals surface area contributed by atoms with Crippen LogP contribution in [0.15, 0.2) is 116 Å². The van der Waals surface area contributed by atoms with E-state index in [1.54, 1.807) is 0 Å². The monoisotopic (exact) mass is 836 g/mol. The Morgan fingerprint density at radius 1 is 0.560 bits per heavy atom. The number of fused-ring (bicyclic) bond motifs is 3. The van der Waals surface area contributed by atoms with Gasteiger partial charge in [0.15, 0.2) is 0 Å². The van der Waals surface area contributed by atoms with Crippen molar-refractivity contribution < 1.29 is 25.8 Å². The maximum absolute atomic E-state index is 6.71. The van der Waals surface area contributed by atoms with Gasteiger partial charge in [-0.2, -0.15) is 6.07 Å². The van der Waals surface area contributed by atoms with Crippen LogP contribution in [-0.4, -0.2) is 14.5 Å². The third-order valence-corrected chi connectivity index (χ3v) is 9.58. The molecule has 0 aliphatic rings. The molecule has 5 heteroatoms. The summed E-state index contributed by atoms with van der Waals surface area (Å²) in [6.45, 7) is 17.8. The first-order chi connectivity index (χ1) is 23.3. The van der Waals surface area contributed by atoms with Crippen LogP contribution in [0, 0.1) is 12.1 Å². The van der Waals surface area contributed by atoms with Gasteiger partial charge in [-0.15, -0.1) is 34.7 Å². The average Bonchev–Trinajstić information content (AvgIpc) is 3.41. The van der Waals surface area contributed by atoms with Crippen LogP contribution in [0.3, 0.4) is 0 Å². The number of nitrogens with zero attached hydrogens (tertiary/aromatic N) is 3. The fraction of sp³-hybridized carbons (Fsp3) is 0.244. The van der Waals surface area contributed by atoms with Crippen LogP contribution in [0.5, 0.6) is 11.5 Å². The summed E-state index contributed by atoms with van der Waals surface area (Å²) in [5.74, 6) is 2.08. The standard InChI is InChI=1S/C45H43N3O.Pt/c1-43(2,3)32-20-22-46-39(27-32)30-24-34(45(7,8)31-14-10-9-11-15-31)26-36(25-30)49-35-18-19-38-37-16-12-13-17-40(37)48(41(38)29-35)42-28-33(21-23-47-42)44(4,5)6;/h9-24,26-28H,1-8H3;/q-2;+2. The van der Waals surface area contributed by atoms with Crippen LogP contribution in [0.2, 0.25) is 0 Å². The predicted octanol–water partition coefficient (Wildman–Crippen LogP) is 11.6. The number of pyridine rings is 2. The summed E-state index contributed by atoms with van der Waals surface area (Å²) in [5, 5.41) is 2.24. The summed E-state index contributed by atoms with van der Waals surface area (Å²) in [5.41, 5.74) is 8.21. The summed E-state index contributed by atoms with van der Waals surface area (Å²) >= 11 is 0. The number of hydrogen-bond acceptors (Lipinski definition) is 3. The third kappa shape index (κ3) is 6.79. The second-order valence-electron chi connectivity index (χ2n) is 15.5. The first-order valence-corrected chi connectivity index (χ1v) is 17.0. The van der Waals surface area contributed by atoms with Crippen LogP contribution in [0.25, 0.3) is 38.9 Å². The van der Waals surface area contributed by atoms with Gasteiger partial charge in [-0.1, -0.05) is 128 Å². The van der Waals surface area contributed by atoms with Crippen LogP contribution in [-0.2, 0) is 37.3 Å². The summed E-state index contributed by atoms with van der Waals surface area (Å²) in [4.78, 5) is 9.63. The van der Waals surface area contributed by atoms with Crippen molar-refractivity contribution in [3.8, 4) is 28.6 Å². The van der Waals surface area contributed by atoms with Crippen LogP contribution in [0.1, 0.15) is 77.6 Å². The molecule has 0 radical (unpaired) electrons. The molecule has 50 heavy (non-hydrogen) atoms. The Morgan fingerprint density at radius 3 is 1.94 bits per heavy atom. The van der Waals surface area contributed by atoms with E-state index >= 15 is 0 Å². The molecule has 0 amide bonds. The Kier molecular flexibility index (Phi) is 9.39. The molecule has 0 aliphatic carbocycles. The van der Waals surface area contributed by atoms with E-state index in [1.807, 2.05) is 18.5 Å². The van der Waals surface area contributed by atoms with Crippen molar-refractivity contribution in [1.29, 1.82) is 0 Å². The molecular weight excluding hydrogens is 794 g/mol. The van der Waals surface area contributed by atoms with E-state index < -0.39 is 0 Å². The molecule has 7 rings (SSSR count). The Hall–Kier alpha value is -4.53. The molecule has 0 unspecified atom stereocenters. The van der Waals surface area contributed by atoms with Crippen molar-refractivity contribution in [2.75, 3.05) is 0 Å². The number of benzene rings is 4. The maximum Gasteiger partial charge on any atom is 2.00 e. The fourth-order valence-electron chi connectivity index (χ4n) is 6.46. The zero-order valence-electron chi connectivity index (χ0n) is 30.0. The molecule has 0 bridgehead atoms. The quantitative estimate of drug-likeness (QED) is 0.157. The largest absolute Gasteiger partial charge is 2.00 e. The molecule has 254 valence electrons. The molecular formula is C45H43N3OPt. The summed E-state index contributed by atoms with van der Waals surface area (Å²) < 4.78 is 8.90. The van der Waals surface area contributed by atoms with Crippen molar-refractivity contribution in [3.05, 3.63) is 150 Å². The Morgan fingerprint density at radius 2 is 1.22 bits per heavy atom. The number of para-hydroxylation sites is 1. The first kappa shape index (κ1) is 35.3. The molecule has 0 aliphatic heterocycles. The van der Waals surface area contributed by atoms with Crippen molar-refractivity contribution >= 4 is 21.8 Å². The van der Waals surface area contributed by atoms with Gasteiger partial charge in [0.2, 0.25) is 0 Å². The van der Waals surface area contributed by atoms with Gasteiger partial charge in [-0.25, -0.2) is 4.98 Å². The first-order valence-electron chi connectivity index (χ1n) is 17.0. The predicted molar refractivity (Wildman–Crippen MR) is 202 cm³/mol. The number of hydrogen-bond donors (Lipinski definition) is 0. The van der Waals surface area contributed by atoms with E-state index in [2.05, 4.69) is 169 Å². The van der Waals surface area contributed by atoms with Gasteiger partial charge < -0.3 is 14.3 Å². The molecule has 3 heterocycles. The minimum absolute atomic E-state index is 0. The van der Waals surface area contributed by atoms with Crippen LogP contribution >= 0.6 is 0 Å². The van der Waals surface area contributed by atoms with Crippen molar-refractivity contribution in [1.82, 2.24) is 14.5 Å². The van der Waals surface area contributed by atoms with E-state index in [1.165, 1.54) is 16.7 Å². The normalized spacial score (nSPS) is 12.2. The van der Waals surface area contributed by atoms with E-state index in [0.717, 1.165) is 44.4 Å². The van der Waals surface area contributed by atoms with Gasteiger partial charge in [-0.05, 0) is 68.3 Å². The summed E-state index contributed by atoms with van der Waals surface area (Å²) in [7, 11) is 0. The van der Waals surface area contributed by atoms with Gasteiger partial charge in [0, 0.05) is 29.4 Å². The SMILES string of the molecule is CC(C)(C)c1ccnc(-c2[c-]c(Oc3[c-]c4c(cc3)c3ccccc3n4-c3cc(C(C)(C)C)ccn3)cc(C(C)(C)c3ccccc3)c2)c1.[Pt+2]. The number of ether oxygens (including phenoxy) is 1. The molecule has 4 nitrogen and oxygen atoms in total. The Balaban J connectivity index is 0.00000432. The van der Waals surface area contributed by atoms with Crippen molar-refractivity contribution in [3.63, 3.8) is 0 Å². The third-order valence-electron chi connectivity index (χ3n) is 9.58. The summed E-state index contributed by atoms with van der Waals surface area (Å²) in [6.07, 6.45) is 3.79. The molecule has 0 spiro atoms. The van der Waals surface area contributed by atoms with Gasteiger partial charge >= 0.3 is 21.1 Å². The molecule has 4 aromatic carbocycles. The molecule has 0 N–H and O–H groups in total. The smallest absolute Gasteiger partial charge is 0.503 e. The minimum atomic E-state index is -0.297. The molecule has 0 atom stereocenters. The average molecular weight is 837 g/mol. The van der Waals surface area contributed by atoms with E-state index in [4.69, 9.17) is 14.7 Å². The maximum atomic E-state index is 6.71. The van der Waals surface area contributed by atoms with Crippen LogP contribution < -0.4 is 4.74 Å². The zero-order valence-corrected chi connectivity index (χ0v) is 32.3. The second kappa shape index (κ2) is 13.3. The van der Waals surface area contributed by atoms with Crippen LogP contribution in [0.4, 0.5) is 0 Å². The second-order valence-corrected chi connectivity index (χ2v) is 15.5. The summed E-state index contributed by atoms with van der Waals surface area (Å²) in [6, 6.07) is 43.2. The van der Waals surface area contributed by atoms with Gasteiger partial charge in [-0.3, -0.25) is 0 Å². The van der Waals surface area contributed by atoms with Gasteiger partial charge in [0.05, 0.1) is 0 Å². The minimum Gasteiger partial charge on any atom is -0.503 e. The molecule has 7 aromatic rings. The van der Waals surface area contributed by atoms with Crippen molar-refractivity contribution in [2.24, 2.45) is 0 Å². The molecule has 0 saturated carbocycles. The molecule has 0 saturated heterocycles. The number of aromatic nitrogens is 3. The Bertz CT molecular complexity index is 2310. The molecule has 3 aromatic heterocycles. The van der Waals surface area contributed by atoms with Gasteiger partial charge in [0.25, 0.3) is 0 Å². The van der Waals surface area contributed by atoms with E-state index in [9.17, 15) is 0 Å². The number of rotatable bonds is 6. The topological polar surface area (TPSA) is 39.9 Å². The van der Waals surface area contributed by atoms with Crippen molar-refractivity contribution in [2.45, 2.75) is 71.6 Å². The molecule has 0 fully saturated rings. The van der Waals surface area contributed by atoms with E-state index in [0.29, 0.717) is 11.5 Å². The van der Waals surface area contributed by atoms with Gasteiger partial charge in [0.1, 0.15) is 5.82 Å². The zero-order chi connectivity index (χ0) is 34.6.